The van der Waals surface area contributed by atoms with Crippen molar-refractivity contribution in [3.63, 3.8) is 0 Å². The maximum absolute atomic E-state index is 13.1. The number of fused-ring (bicyclic) bond motifs is 1. The molecular weight excluding hydrogens is 330 g/mol. The molecule has 1 aliphatic carbocycles. The molecule has 2 unspecified atom stereocenters. The summed E-state index contributed by atoms with van der Waals surface area (Å²) in [4.78, 5) is 25.6. The van der Waals surface area contributed by atoms with Crippen molar-refractivity contribution >= 4 is 17.2 Å². The minimum atomic E-state index is 0.141. The third-order valence-electron chi connectivity index (χ3n) is 5.58. The lowest BCUT2D eigenvalue weighted by atomic mass is 9.88. The van der Waals surface area contributed by atoms with Crippen LogP contribution in [0.4, 0.5) is 0 Å². The van der Waals surface area contributed by atoms with Crippen molar-refractivity contribution in [1.29, 1.82) is 0 Å². The maximum atomic E-state index is 13.1. The molecule has 0 spiro atoms. The molecule has 1 saturated heterocycles. The van der Waals surface area contributed by atoms with E-state index in [9.17, 15) is 4.79 Å². The first-order valence-corrected chi connectivity index (χ1v) is 10.3. The van der Waals surface area contributed by atoms with Gasteiger partial charge in [-0.3, -0.25) is 9.78 Å². The van der Waals surface area contributed by atoms with Crippen molar-refractivity contribution in [2.24, 2.45) is 5.92 Å². The standard InChI is InChI=1S/C20H25N3OS/c1-2-16-7-3-4-11-23(16)20(24)14-8-9-17-18(12-14)25-19(22-17)15-6-5-10-21-13-15/h5-6,10,13-14,16H,2-4,7-9,11-12H2,1H3. The molecule has 4 rings (SSSR count). The molecule has 0 saturated carbocycles. The Morgan fingerprint density at radius 2 is 2.28 bits per heavy atom. The number of hydrogen-bond donors (Lipinski definition) is 0. The van der Waals surface area contributed by atoms with Crippen LogP contribution in [0.5, 0.6) is 0 Å². The Balaban J connectivity index is 1.51. The second-order valence-corrected chi connectivity index (χ2v) is 8.24. The van der Waals surface area contributed by atoms with Gasteiger partial charge in [-0.25, -0.2) is 4.98 Å². The van der Waals surface area contributed by atoms with Crippen molar-refractivity contribution in [2.75, 3.05) is 6.54 Å². The quantitative estimate of drug-likeness (QED) is 0.833. The highest BCUT2D eigenvalue weighted by Gasteiger charge is 2.34. The van der Waals surface area contributed by atoms with Crippen LogP contribution in [-0.2, 0) is 17.6 Å². The molecule has 1 fully saturated rings. The molecule has 2 aromatic rings. The second-order valence-electron chi connectivity index (χ2n) is 7.16. The predicted molar refractivity (Wildman–Crippen MR) is 101 cm³/mol. The molecule has 0 bridgehead atoms. The lowest BCUT2D eigenvalue weighted by Crippen LogP contribution is -2.47. The van der Waals surface area contributed by atoms with Gasteiger partial charge in [0, 0.05) is 41.3 Å². The predicted octanol–water partition coefficient (Wildman–Crippen LogP) is 4.10. The second kappa shape index (κ2) is 7.24. The van der Waals surface area contributed by atoms with Gasteiger partial charge in [0.1, 0.15) is 5.01 Å². The SMILES string of the molecule is CCC1CCCCN1C(=O)C1CCc2nc(-c3cccnc3)sc2C1. The third-order valence-corrected chi connectivity index (χ3v) is 6.75. The van der Waals surface area contributed by atoms with E-state index in [1.807, 2.05) is 12.3 Å². The number of likely N-dealkylation sites (tertiary alicyclic amines) is 1. The van der Waals surface area contributed by atoms with Gasteiger partial charge in [-0.05, 0) is 57.1 Å². The van der Waals surface area contributed by atoms with E-state index in [0.717, 1.165) is 49.2 Å². The van der Waals surface area contributed by atoms with Gasteiger partial charge in [-0.15, -0.1) is 11.3 Å². The first-order valence-electron chi connectivity index (χ1n) is 9.45. The molecule has 0 aromatic carbocycles. The zero-order chi connectivity index (χ0) is 17.2. The number of thiazole rings is 1. The fourth-order valence-corrected chi connectivity index (χ4v) is 5.33. The van der Waals surface area contributed by atoms with Gasteiger partial charge in [0.25, 0.3) is 0 Å². The first kappa shape index (κ1) is 16.7. The number of hydrogen-bond acceptors (Lipinski definition) is 4. The number of aromatic nitrogens is 2. The summed E-state index contributed by atoms with van der Waals surface area (Å²) in [6.07, 6.45) is 11.1. The molecule has 5 heteroatoms. The minimum Gasteiger partial charge on any atom is -0.339 e. The van der Waals surface area contributed by atoms with Crippen LogP contribution in [0, 0.1) is 5.92 Å². The first-order chi connectivity index (χ1) is 12.3. The zero-order valence-corrected chi connectivity index (χ0v) is 15.6. The molecule has 0 N–H and O–H groups in total. The Morgan fingerprint density at radius 1 is 1.36 bits per heavy atom. The third kappa shape index (κ3) is 3.34. The topological polar surface area (TPSA) is 46.1 Å². The molecule has 1 amide bonds. The molecule has 2 aromatic heterocycles. The normalized spacial score (nSPS) is 23.3. The van der Waals surface area contributed by atoms with E-state index in [-0.39, 0.29) is 5.92 Å². The van der Waals surface area contributed by atoms with Crippen LogP contribution in [0.15, 0.2) is 24.5 Å². The Hall–Kier alpha value is -1.75. The zero-order valence-electron chi connectivity index (χ0n) is 14.8. The number of amides is 1. The smallest absolute Gasteiger partial charge is 0.226 e. The summed E-state index contributed by atoms with van der Waals surface area (Å²) in [6, 6.07) is 4.46. The van der Waals surface area contributed by atoms with E-state index >= 15 is 0 Å². The largest absolute Gasteiger partial charge is 0.339 e. The molecule has 3 heterocycles. The van der Waals surface area contributed by atoms with Crippen molar-refractivity contribution in [1.82, 2.24) is 14.9 Å². The molecule has 132 valence electrons. The Kier molecular flexibility index (Phi) is 4.84. The van der Waals surface area contributed by atoms with E-state index in [0.29, 0.717) is 11.9 Å². The molecule has 4 nitrogen and oxygen atoms in total. The van der Waals surface area contributed by atoms with Crippen molar-refractivity contribution in [3.05, 3.63) is 35.1 Å². The molecule has 2 atom stereocenters. The number of nitrogens with zero attached hydrogens (tertiary/aromatic N) is 3. The summed E-state index contributed by atoms with van der Waals surface area (Å²) in [7, 11) is 0. The van der Waals surface area contributed by atoms with Gasteiger partial charge in [-0.1, -0.05) is 6.92 Å². The summed E-state index contributed by atoms with van der Waals surface area (Å²) in [5.74, 6) is 0.523. The molecule has 2 aliphatic rings. The van der Waals surface area contributed by atoms with Crippen LogP contribution in [0.2, 0.25) is 0 Å². The number of carbonyl (C=O) groups is 1. The maximum Gasteiger partial charge on any atom is 0.226 e. The molecule has 1 aliphatic heterocycles. The van der Waals surface area contributed by atoms with Crippen LogP contribution in [0.25, 0.3) is 10.6 Å². The summed E-state index contributed by atoms with van der Waals surface area (Å²) in [5.41, 5.74) is 2.27. The number of aryl methyl sites for hydroxylation is 1. The van der Waals surface area contributed by atoms with Gasteiger partial charge in [0.15, 0.2) is 0 Å². The Labute approximate surface area is 153 Å². The number of pyridine rings is 1. The molecular formula is C20H25N3OS. The fourth-order valence-electron chi connectivity index (χ4n) is 4.15. The van der Waals surface area contributed by atoms with E-state index in [2.05, 4.69) is 22.9 Å². The Morgan fingerprint density at radius 3 is 3.08 bits per heavy atom. The van der Waals surface area contributed by atoms with E-state index in [1.165, 1.54) is 23.4 Å². The van der Waals surface area contributed by atoms with Crippen LogP contribution >= 0.6 is 11.3 Å². The monoisotopic (exact) mass is 355 g/mol. The van der Waals surface area contributed by atoms with Crippen LogP contribution in [0.3, 0.4) is 0 Å². The summed E-state index contributed by atoms with van der Waals surface area (Å²) in [5, 5.41) is 1.04. The van der Waals surface area contributed by atoms with Gasteiger partial charge in [0.2, 0.25) is 5.91 Å². The Bertz CT molecular complexity index is 743. The lowest BCUT2D eigenvalue weighted by Gasteiger charge is -2.38. The number of carbonyl (C=O) groups excluding carboxylic acids is 1. The van der Waals surface area contributed by atoms with Crippen LogP contribution in [0.1, 0.15) is 49.6 Å². The summed E-state index contributed by atoms with van der Waals surface area (Å²) < 4.78 is 0. The van der Waals surface area contributed by atoms with Gasteiger partial charge in [0.05, 0.1) is 5.69 Å². The lowest BCUT2D eigenvalue weighted by molar-refractivity contribution is -0.139. The van der Waals surface area contributed by atoms with Gasteiger partial charge >= 0.3 is 0 Å². The van der Waals surface area contributed by atoms with Crippen molar-refractivity contribution in [2.45, 2.75) is 57.9 Å². The summed E-state index contributed by atoms with van der Waals surface area (Å²) in [6.45, 7) is 3.16. The van der Waals surface area contributed by atoms with Crippen LogP contribution in [-0.4, -0.2) is 33.4 Å². The van der Waals surface area contributed by atoms with E-state index in [4.69, 9.17) is 4.98 Å². The van der Waals surface area contributed by atoms with Crippen molar-refractivity contribution < 1.29 is 4.79 Å². The minimum absolute atomic E-state index is 0.141. The summed E-state index contributed by atoms with van der Waals surface area (Å²) >= 11 is 1.74. The highest BCUT2D eigenvalue weighted by molar-refractivity contribution is 7.15. The van der Waals surface area contributed by atoms with E-state index in [1.54, 1.807) is 17.5 Å². The molecule has 0 radical (unpaired) electrons. The highest BCUT2D eigenvalue weighted by atomic mass is 32.1. The van der Waals surface area contributed by atoms with Crippen molar-refractivity contribution in [3.8, 4) is 10.6 Å². The fraction of sp³-hybridized carbons (Fsp3) is 0.550. The number of piperidine rings is 1. The highest BCUT2D eigenvalue weighted by Crippen LogP contribution is 2.35. The van der Waals surface area contributed by atoms with Crippen LogP contribution < -0.4 is 0 Å². The number of rotatable bonds is 3. The average Bonchev–Trinajstić information content (AvgIpc) is 3.11. The average molecular weight is 356 g/mol. The molecule has 25 heavy (non-hydrogen) atoms. The van der Waals surface area contributed by atoms with E-state index < -0.39 is 0 Å². The van der Waals surface area contributed by atoms with Gasteiger partial charge in [-0.2, -0.15) is 0 Å². The van der Waals surface area contributed by atoms with Gasteiger partial charge < -0.3 is 4.90 Å².